The Balaban J connectivity index is 1.31. The fraction of sp³-hybridized carbons (Fsp3) is 0.348. The molecule has 160 valence electrons. The quantitative estimate of drug-likeness (QED) is 0.607. The molecule has 2 aliphatic heterocycles. The lowest BCUT2D eigenvalue weighted by molar-refractivity contribution is 0.223. The first-order chi connectivity index (χ1) is 15.1. The van der Waals surface area contributed by atoms with Crippen LogP contribution in [-0.2, 0) is 19.5 Å². The van der Waals surface area contributed by atoms with Crippen LogP contribution in [0.25, 0.3) is 11.3 Å². The molecule has 2 aromatic heterocycles. The van der Waals surface area contributed by atoms with E-state index in [1.807, 2.05) is 18.2 Å². The van der Waals surface area contributed by atoms with Gasteiger partial charge in [-0.2, -0.15) is 0 Å². The molecular formula is C23H22Cl2N4O2. The third kappa shape index (κ3) is 4.33. The van der Waals surface area contributed by atoms with E-state index in [1.165, 1.54) is 0 Å². The van der Waals surface area contributed by atoms with Crippen molar-refractivity contribution < 1.29 is 4.42 Å². The Morgan fingerprint density at radius 2 is 2.00 bits per heavy atom. The summed E-state index contributed by atoms with van der Waals surface area (Å²) in [6, 6.07) is 9.32. The number of hydrogen-bond donors (Lipinski definition) is 1. The molecule has 0 radical (unpaired) electrons. The van der Waals surface area contributed by atoms with Gasteiger partial charge in [0.2, 0.25) is 0 Å². The van der Waals surface area contributed by atoms with Gasteiger partial charge in [-0.15, -0.1) is 0 Å². The lowest BCUT2D eigenvalue weighted by atomic mass is 10.1. The Morgan fingerprint density at radius 3 is 2.81 bits per heavy atom. The number of nitrogens with one attached hydrogen (secondary N) is 1. The number of aromatic nitrogens is 2. The molecule has 0 spiro atoms. The van der Waals surface area contributed by atoms with Gasteiger partial charge in [0.05, 0.1) is 33.6 Å². The van der Waals surface area contributed by atoms with Crippen LogP contribution in [0.1, 0.15) is 42.1 Å². The summed E-state index contributed by atoms with van der Waals surface area (Å²) in [5, 5.41) is 1.01. The monoisotopic (exact) mass is 456 g/mol. The first kappa shape index (κ1) is 20.5. The van der Waals surface area contributed by atoms with E-state index in [0.717, 1.165) is 72.8 Å². The molecule has 0 aliphatic carbocycles. The fourth-order valence-electron chi connectivity index (χ4n) is 4.13. The highest BCUT2D eigenvalue weighted by Gasteiger charge is 2.23. The van der Waals surface area contributed by atoms with E-state index in [0.29, 0.717) is 29.0 Å². The zero-order valence-corrected chi connectivity index (χ0v) is 18.5. The molecule has 1 N–H and O–H groups in total. The average Bonchev–Trinajstić information content (AvgIpc) is 3.25. The van der Waals surface area contributed by atoms with Crippen LogP contribution in [0.15, 0.2) is 44.5 Å². The van der Waals surface area contributed by atoms with Crippen LogP contribution in [0.5, 0.6) is 0 Å². The number of halogens is 2. The van der Waals surface area contributed by atoms with Crippen LogP contribution in [-0.4, -0.2) is 33.7 Å². The highest BCUT2D eigenvalue weighted by Crippen LogP contribution is 2.30. The van der Waals surface area contributed by atoms with Crippen molar-refractivity contribution in [1.29, 1.82) is 0 Å². The number of H-pyrrole nitrogens is 1. The Kier molecular flexibility index (Phi) is 5.69. The second-order valence-electron chi connectivity index (χ2n) is 7.98. The van der Waals surface area contributed by atoms with E-state index >= 15 is 0 Å². The summed E-state index contributed by atoms with van der Waals surface area (Å²) < 4.78 is 6.02. The number of nitrogens with zero attached hydrogens (tertiary/aromatic N) is 3. The second-order valence-corrected chi connectivity index (χ2v) is 8.80. The third-order valence-corrected chi connectivity index (χ3v) is 6.53. The summed E-state index contributed by atoms with van der Waals surface area (Å²) in [5.74, 6) is 2.22. The van der Waals surface area contributed by atoms with Crippen molar-refractivity contribution in [2.75, 3.05) is 13.1 Å². The normalized spacial score (nSPS) is 16.8. The van der Waals surface area contributed by atoms with Gasteiger partial charge in [-0.1, -0.05) is 23.2 Å². The van der Waals surface area contributed by atoms with E-state index in [1.54, 1.807) is 12.1 Å². The SMILES string of the molecule is O=c1[nH]c(C2=NCCCC2)nc2c1CN(Cc1ccc(-c3ccc(Cl)c(Cl)c3)o1)CC2. The van der Waals surface area contributed by atoms with Crippen LogP contribution in [0.2, 0.25) is 10.0 Å². The first-order valence-electron chi connectivity index (χ1n) is 10.5. The number of aliphatic imine (C=N–C) groups is 1. The predicted octanol–water partition coefficient (Wildman–Crippen LogP) is 4.87. The van der Waals surface area contributed by atoms with Crippen LogP contribution >= 0.6 is 23.2 Å². The summed E-state index contributed by atoms with van der Waals surface area (Å²) in [6.45, 7) is 2.80. The standard InChI is InChI=1S/C23H22Cl2N4O2/c24-17-6-4-14(11-18(17)25)21-7-5-15(31-21)12-29-10-8-19-16(13-29)23(30)28-22(27-19)20-3-1-2-9-26-20/h4-7,11H,1-3,8-10,12-13H2,(H,27,28,30). The van der Waals surface area contributed by atoms with Crippen molar-refractivity contribution in [3.8, 4) is 11.3 Å². The molecule has 0 saturated carbocycles. The Labute approximate surface area is 189 Å². The molecule has 0 saturated heterocycles. The lowest BCUT2D eigenvalue weighted by Crippen LogP contribution is -2.36. The second kappa shape index (κ2) is 8.61. The van der Waals surface area contributed by atoms with Gasteiger partial charge in [-0.25, -0.2) is 4.98 Å². The fourth-order valence-corrected chi connectivity index (χ4v) is 4.43. The van der Waals surface area contributed by atoms with Gasteiger partial charge in [-0.3, -0.25) is 14.7 Å². The maximum Gasteiger partial charge on any atom is 0.255 e. The number of fused-ring (bicyclic) bond motifs is 1. The average molecular weight is 457 g/mol. The molecular weight excluding hydrogens is 435 g/mol. The molecule has 0 amide bonds. The minimum Gasteiger partial charge on any atom is -0.460 e. The Bertz CT molecular complexity index is 1210. The maximum atomic E-state index is 12.7. The largest absolute Gasteiger partial charge is 0.460 e. The van der Waals surface area contributed by atoms with Gasteiger partial charge in [-0.05, 0) is 49.6 Å². The summed E-state index contributed by atoms with van der Waals surface area (Å²) in [4.78, 5) is 27.2. The van der Waals surface area contributed by atoms with Gasteiger partial charge >= 0.3 is 0 Å². The zero-order valence-electron chi connectivity index (χ0n) is 17.0. The molecule has 1 aromatic carbocycles. The zero-order chi connectivity index (χ0) is 21.4. The number of furan rings is 1. The van der Waals surface area contributed by atoms with Gasteiger partial charge in [0.25, 0.3) is 5.56 Å². The van der Waals surface area contributed by atoms with E-state index < -0.39 is 0 Å². The minimum absolute atomic E-state index is 0.0612. The third-order valence-electron chi connectivity index (χ3n) is 5.79. The van der Waals surface area contributed by atoms with E-state index in [9.17, 15) is 4.79 Å². The lowest BCUT2D eigenvalue weighted by Gasteiger charge is -2.27. The van der Waals surface area contributed by atoms with Crippen molar-refractivity contribution >= 4 is 28.9 Å². The van der Waals surface area contributed by atoms with Crippen molar-refractivity contribution in [3.05, 3.63) is 73.6 Å². The molecule has 3 aromatic rings. The van der Waals surface area contributed by atoms with Crippen molar-refractivity contribution in [3.63, 3.8) is 0 Å². The number of aromatic amines is 1. The van der Waals surface area contributed by atoms with Crippen LogP contribution in [0, 0.1) is 0 Å². The van der Waals surface area contributed by atoms with E-state index in [2.05, 4.69) is 14.9 Å². The van der Waals surface area contributed by atoms with Gasteiger partial charge in [0.15, 0.2) is 5.82 Å². The molecule has 0 bridgehead atoms. The van der Waals surface area contributed by atoms with Crippen LogP contribution in [0.4, 0.5) is 0 Å². The Morgan fingerprint density at radius 1 is 1.10 bits per heavy atom. The number of rotatable bonds is 4. The molecule has 4 heterocycles. The highest BCUT2D eigenvalue weighted by molar-refractivity contribution is 6.42. The van der Waals surface area contributed by atoms with Gasteiger partial charge in [0, 0.05) is 31.6 Å². The number of hydrogen-bond acceptors (Lipinski definition) is 5. The van der Waals surface area contributed by atoms with Crippen molar-refractivity contribution in [2.24, 2.45) is 4.99 Å². The molecule has 5 rings (SSSR count). The molecule has 0 unspecified atom stereocenters. The molecule has 31 heavy (non-hydrogen) atoms. The molecule has 8 heteroatoms. The van der Waals surface area contributed by atoms with Crippen molar-refractivity contribution in [2.45, 2.75) is 38.8 Å². The first-order valence-corrected chi connectivity index (χ1v) is 11.2. The molecule has 2 aliphatic rings. The molecule has 0 fully saturated rings. The van der Waals surface area contributed by atoms with E-state index in [4.69, 9.17) is 32.6 Å². The van der Waals surface area contributed by atoms with Gasteiger partial charge < -0.3 is 9.40 Å². The molecule has 6 nitrogen and oxygen atoms in total. The maximum absolute atomic E-state index is 12.7. The highest BCUT2D eigenvalue weighted by atomic mass is 35.5. The summed E-state index contributed by atoms with van der Waals surface area (Å²) >= 11 is 12.1. The summed E-state index contributed by atoms with van der Waals surface area (Å²) in [6.07, 6.45) is 3.82. The summed E-state index contributed by atoms with van der Waals surface area (Å²) in [7, 11) is 0. The smallest absolute Gasteiger partial charge is 0.255 e. The topological polar surface area (TPSA) is 74.5 Å². The predicted molar refractivity (Wildman–Crippen MR) is 122 cm³/mol. The Hall–Kier alpha value is -2.41. The van der Waals surface area contributed by atoms with Crippen LogP contribution in [0.3, 0.4) is 0 Å². The van der Waals surface area contributed by atoms with Crippen LogP contribution < -0.4 is 5.56 Å². The van der Waals surface area contributed by atoms with E-state index in [-0.39, 0.29) is 5.56 Å². The minimum atomic E-state index is -0.0612. The van der Waals surface area contributed by atoms with Gasteiger partial charge in [0.1, 0.15) is 11.5 Å². The summed E-state index contributed by atoms with van der Waals surface area (Å²) in [5.41, 5.74) is 3.37. The number of benzene rings is 1. The van der Waals surface area contributed by atoms with Crippen molar-refractivity contribution in [1.82, 2.24) is 14.9 Å². The molecule has 0 atom stereocenters.